The normalized spacial score (nSPS) is 18.7. The standard InChI is InChI=1S/C14H19NO3/c1-9(2)7-10-8-13(18-15-10)11-5-4-6-12(17-3)14(11)16/h4-6,9,13,16H,7-8H2,1-3H3/t13-/m0/s1. The van der Waals surface area contributed by atoms with E-state index in [-0.39, 0.29) is 11.9 Å². The van der Waals surface area contributed by atoms with Gasteiger partial charge in [-0.3, -0.25) is 0 Å². The number of hydrogen-bond acceptors (Lipinski definition) is 4. The molecule has 0 bridgehead atoms. The number of nitrogens with zero attached hydrogens (tertiary/aromatic N) is 1. The third-order valence-electron chi connectivity index (χ3n) is 2.97. The van der Waals surface area contributed by atoms with Crippen LogP contribution in [-0.4, -0.2) is 17.9 Å². The average Bonchev–Trinajstić information content (AvgIpc) is 2.76. The molecule has 0 spiro atoms. The predicted octanol–water partition coefficient (Wildman–Crippen LogP) is 3.26. The fraction of sp³-hybridized carbons (Fsp3) is 0.500. The highest BCUT2D eigenvalue weighted by atomic mass is 16.6. The number of benzene rings is 1. The number of phenols is 1. The molecule has 0 aromatic heterocycles. The topological polar surface area (TPSA) is 51.0 Å². The number of hydrogen-bond donors (Lipinski definition) is 1. The van der Waals surface area contributed by atoms with Gasteiger partial charge in [-0.1, -0.05) is 31.1 Å². The van der Waals surface area contributed by atoms with Crippen molar-refractivity contribution in [2.45, 2.75) is 32.8 Å². The molecule has 1 heterocycles. The zero-order chi connectivity index (χ0) is 13.1. The summed E-state index contributed by atoms with van der Waals surface area (Å²) in [4.78, 5) is 5.41. The van der Waals surface area contributed by atoms with Gasteiger partial charge >= 0.3 is 0 Å². The smallest absolute Gasteiger partial charge is 0.164 e. The first kappa shape index (κ1) is 12.7. The summed E-state index contributed by atoms with van der Waals surface area (Å²) in [6, 6.07) is 5.41. The Labute approximate surface area is 107 Å². The van der Waals surface area contributed by atoms with Gasteiger partial charge in [0.2, 0.25) is 0 Å². The number of ether oxygens (including phenoxy) is 1. The van der Waals surface area contributed by atoms with Gasteiger partial charge in [0.05, 0.1) is 12.8 Å². The maximum atomic E-state index is 10.1. The average molecular weight is 249 g/mol. The minimum absolute atomic E-state index is 0.144. The van der Waals surface area contributed by atoms with E-state index in [0.717, 1.165) is 24.1 Å². The van der Waals surface area contributed by atoms with E-state index in [1.54, 1.807) is 6.07 Å². The van der Waals surface area contributed by atoms with E-state index < -0.39 is 0 Å². The van der Waals surface area contributed by atoms with Crippen molar-refractivity contribution < 1.29 is 14.7 Å². The van der Waals surface area contributed by atoms with Crippen LogP contribution in [0.4, 0.5) is 0 Å². The van der Waals surface area contributed by atoms with E-state index in [1.165, 1.54) is 7.11 Å². The van der Waals surface area contributed by atoms with Gasteiger partial charge in [-0.15, -0.1) is 0 Å². The van der Waals surface area contributed by atoms with Crippen LogP contribution < -0.4 is 4.74 Å². The summed E-state index contributed by atoms with van der Waals surface area (Å²) in [6.45, 7) is 4.30. The van der Waals surface area contributed by atoms with E-state index in [0.29, 0.717) is 11.7 Å². The molecule has 0 unspecified atom stereocenters. The lowest BCUT2D eigenvalue weighted by Crippen LogP contribution is -2.03. The SMILES string of the molecule is COc1cccc([C@@H]2CC(CC(C)C)=NO2)c1O. The Balaban J connectivity index is 2.11. The lowest BCUT2D eigenvalue weighted by molar-refractivity contribution is 0.0834. The molecular formula is C14H19NO3. The van der Waals surface area contributed by atoms with Crippen molar-refractivity contribution in [1.82, 2.24) is 0 Å². The van der Waals surface area contributed by atoms with Gasteiger partial charge in [-0.25, -0.2) is 0 Å². The van der Waals surface area contributed by atoms with E-state index in [2.05, 4.69) is 19.0 Å². The van der Waals surface area contributed by atoms with Crippen LogP contribution in [0.2, 0.25) is 0 Å². The molecule has 1 aromatic rings. The first-order valence-corrected chi connectivity index (χ1v) is 6.19. The largest absolute Gasteiger partial charge is 0.504 e. The van der Waals surface area contributed by atoms with Crippen LogP contribution in [-0.2, 0) is 4.84 Å². The van der Waals surface area contributed by atoms with Gasteiger partial charge in [0.25, 0.3) is 0 Å². The number of aromatic hydroxyl groups is 1. The van der Waals surface area contributed by atoms with Gasteiger partial charge in [0, 0.05) is 12.0 Å². The Bertz CT molecular complexity index is 454. The molecule has 0 radical (unpaired) electrons. The van der Waals surface area contributed by atoms with Gasteiger partial charge < -0.3 is 14.7 Å². The maximum absolute atomic E-state index is 10.1. The molecule has 4 nitrogen and oxygen atoms in total. The van der Waals surface area contributed by atoms with Crippen LogP contribution in [0.3, 0.4) is 0 Å². The summed E-state index contributed by atoms with van der Waals surface area (Å²) in [6.07, 6.45) is 1.47. The van der Waals surface area contributed by atoms with E-state index in [1.807, 2.05) is 12.1 Å². The fourth-order valence-corrected chi connectivity index (χ4v) is 2.15. The molecule has 18 heavy (non-hydrogen) atoms. The first-order chi connectivity index (χ1) is 8.61. The second kappa shape index (κ2) is 5.29. The number of methoxy groups -OCH3 is 1. The summed E-state index contributed by atoms with van der Waals surface area (Å²) in [7, 11) is 1.54. The van der Waals surface area contributed by atoms with Crippen LogP contribution >= 0.6 is 0 Å². The van der Waals surface area contributed by atoms with Crippen LogP contribution in [0.25, 0.3) is 0 Å². The molecule has 0 amide bonds. The summed E-state index contributed by atoms with van der Waals surface area (Å²) in [5, 5.41) is 14.2. The third kappa shape index (κ3) is 2.58. The zero-order valence-electron chi connectivity index (χ0n) is 11.0. The Morgan fingerprint density at radius 2 is 2.28 bits per heavy atom. The second-order valence-electron chi connectivity index (χ2n) is 4.95. The molecule has 1 atom stereocenters. The van der Waals surface area contributed by atoms with E-state index >= 15 is 0 Å². The number of oxime groups is 1. The van der Waals surface area contributed by atoms with Crippen molar-refractivity contribution in [3.05, 3.63) is 23.8 Å². The zero-order valence-corrected chi connectivity index (χ0v) is 11.0. The fourth-order valence-electron chi connectivity index (χ4n) is 2.15. The van der Waals surface area contributed by atoms with Crippen molar-refractivity contribution in [2.24, 2.45) is 11.1 Å². The molecule has 0 saturated carbocycles. The molecule has 0 aliphatic carbocycles. The molecule has 1 N–H and O–H groups in total. The van der Waals surface area contributed by atoms with Crippen molar-refractivity contribution in [3.8, 4) is 11.5 Å². The quantitative estimate of drug-likeness (QED) is 0.891. The van der Waals surface area contributed by atoms with Crippen molar-refractivity contribution >= 4 is 5.71 Å². The van der Waals surface area contributed by atoms with Gasteiger partial charge in [-0.05, 0) is 18.4 Å². The summed E-state index contributed by atoms with van der Waals surface area (Å²) in [5.74, 6) is 1.17. The maximum Gasteiger partial charge on any atom is 0.164 e. The highest BCUT2D eigenvalue weighted by Gasteiger charge is 2.26. The predicted molar refractivity (Wildman–Crippen MR) is 70.0 cm³/mol. The highest BCUT2D eigenvalue weighted by Crippen LogP contribution is 2.39. The van der Waals surface area contributed by atoms with E-state index in [4.69, 9.17) is 9.57 Å². The van der Waals surface area contributed by atoms with Crippen LogP contribution in [0.1, 0.15) is 38.4 Å². The minimum Gasteiger partial charge on any atom is -0.504 e. The monoisotopic (exact) mass is 249 g/mol. The number of phenolic OH excluding ortho intramolecular Hbond substituents is 1. The van der Waals surface area contributed by atoms with Gasteiger partial charge in [-0.2, -0.15) is 0 Å². The van der Waals surface area contributed by atoms with Gasteiger partial charge in [0.1, 0.15) is 0 Å². The highest BCUT2D eigenvalue weighted by molar-refractivity contribution is 5.85. The van der Waals surface area contributed by atoms with Crippen molar-refractivity contribution in [1.29, 1.82) is 0 Å². The lowest BCUT2D eigenvalue weighted by Gasteiger charge is -2.12. The van der Waals surface area contributed by atoms with Gasteiger partial charge in [0.15, 0.2) is 17.6 Å². The Hall–Kier alpha value is -1.71. The lowest BCUT2D eigenvalue weighted by atomic mass is 9.98. The second-order valence-corrected chi connectivity index (χ2v) is 4.95. The molecule has 4 heteroatoms. The molecule has 0 fully saturated rings. The Morgan fingerprint density at radius 3 is 2.94 bits per heavy atom. The van der Waals surface area contributed by atoms with Crippen LogP contribution in [0.5, 0.6) is 11.5 Å². The molecular weight excluding hydrogens is 230 g/mol. The number of para-hydroxylation sites is 1. The number of rotatable bonds is 4. The molecule has 1 aliphatic rings. The molecule has 98 valence electrons. The molecule has 2 rings (SSSR count). The summed E-state index contributed by atoms with van der Waals surface area (Å²) >= 11 is 0. The Morgan fingerprint density at radius 1 is 1.50 bits per heavy atom. The van der Waals surface area contributed by atoms with Crippen molar-refractivity contribution in [2.75, 3.05) is 7.11 Å². The summed E-state index contributed by atoms with van der Waals surface area (Å²) in [5.41, 5.74) is 1.79. The Kier molecular flexibility index (Phi) is 3.75. The van der Waals surface area contributed by atoms with Crippen molar-refractivity contribution in [3.63, 3.8) is 0 Å². The van der Waals surface area contributed by atoms with E-state index in [9.17, 15) is 5.11 Å². The first-order valence-electron chi connectivity index (χ1n) is 6.19. The van der Waals surface area contributed by atoms with Crippen LogP contribution in [0, 0.1) is 5.92 Å². The summed E-state index contributed by atoms with van der Waals surface area (Å²) < 4.78 is 5.09. The van der Waals surface area contributed by atoms with Crippen LogP contribution in [0.15, 0.2) is 23.4 Å². The third-order valence-corrected chi connectivity index (χ3v) is 2.97. The molecule has 0 saturated heterocycles. The molecule has 1 aromatic carbocycles. The molecule has 1 aliphatic heterocycles. The minimum atomic E-state index is -0.200.